The van der Waals surface area contributed by atoms with Crippen molar-refractivity contribution in [3.8, 4) is 0 Å². The number of benzene rings is 1. The van der Waals surface area contributed by atoms with Gasteiger partial charge in [-0.25, -0.2) is 0 Å². The predicted molar refractivity (Wildman–Crippen MR) is 188 cm³/mol. The van der Waals surface area contributed by atoms with Crippen LogP contribution in [-0.2, 0) is 10.6 Å². The third-order valence-electron chi connectivity index (χ3n) is 12.6. The molecule has 2 N–H and O–H groups in total. The maximum Gasteiger partial charge on any atom is 0.0774 e. The quantitative estimate of drug-likeness (QED) is 0.274. The molecule has 224 valence electrons. The minimum atomic E-state index is -1.55. The lowest BCUT2D eigenvalue weighted by Gasteiger charge is -2.63. The van der Waals surface area contributed by atoms with E-state index < -0.39 is 16.1 Å². The second kappa shape index (κ2) is 11.1. The van der Waals surface area contributed by atoms with Crippen molar-refractivity contribution in [3.63, 3.8) is 0 Å². The summed E-state index contributed by atoms with van der Waals surface area (Å²) >= 11 is 0. The average molecular weight is 615 g/mol. The third kappa shape index (κ3) is 5.03. The molecule has 7 rings (SSSR count). The Labute approximate surface area is 253 Å². The summed E-state index contributed by atoms with van der Waals surface area (Å²) in [5.41, 5.74) is 4.00. The highest BCUT2D eigenvalue weighted by molar-refractivity contribution is 7.18. The van der Waals surface area contributed by atoms with Crippen LogP contribution in [0.1, 0.15) is 68.9 Å². The molecule has 0 radical (unpaired) electrons. The molecule has 40 heavy (non-hydrogen) atoms. The Bertz CT molecular complexity index is 1030. The summed E-state index contributed by atoms with van der Waals surface area (Å²) in [5, 5.41) is 11.5. The Hall–Kier alpha value is 0.434. The van der Waals surface area contributed by atoms with Crippen molar-refractivity contribution in [2.24, 2.45) is 35.5 Å². The fourth-order valence-electron chi connectivity index (χ4n) is 10.8. The number of rotatable bonds is 7. The minimum Gasteiger partial charge on any atom is -0.316 e. The summed E-state index contributed by atoms with van der Waals surface area (Å²) < 4.78 is 0. The van der Waals surface area contributed by atoms with Crippen molar-refractivity contribution < 1.29 is 0 Å². The van der Waals surface area contributed by atoms with Crippen LogP contribution in [0.15, 0.2) is 12.1 Å². The van der Waals surface area contributed by atoms with Gasteiger partial charge in [-0.15, -0.1) is 18.5 Å². The van der Waals surface area contributed by atoms with Gasteiger partial charge in [0.2, 0.25) is 0 Å². The zero-order valence-corrected chi connectivity index (χ0v) is 31.0. The van der Waals surface area contributed by atoms with Crippen molar-refractivity contribution in [2.75, 3.05) is 32.3 Å². The summed E-state index contributed by atoms with van der Waals surface area (Å²) in [4.78, 5) is 0. The molecule has 4 bridgehead atoms. The number of piperidine rings is 2. The molecule has 2 heterocycles. The monoisotopic (exact) mass is 614 g/mol. The Morgan fingerprint density at radius 3 is 1.65 bits per heavy atom. The van der Waals surface area contributed by atoms with Crippen LogP contribution in [0.2, 0.25) is 39.3 Å². The van der Waals surface area contributed by atoms with Gasteiger partial charge in [-0.05, 0) is 137 Å². The molecule has 2 nitrogen and oxygen atoms in total. The van der Waals surface area contributed by atoms with Crippen molar-refractivity contribution in [3.05, 3.63) is 23.3 Å². The molecule has 6 fully saturated rings. The average Bonchev–Trinajstić information content (AvgIpc) is 2.92. The lowest BCUT2D eigenvalue weighted by Crippen LogP contribution is -2.61. The fraction of sp³-hybridized carbons (Fsp3) is 0.824. The van der Waals surface area contributed by atoms with Gasteiger partial charge in [0, 0.05) is 10.6 Å². The van der Waals surface area contributed by atoms with Crippen LogP contribution >= 0.6 is 18.5 Å². The highest BCUT2D eigenvalue weighted by Crippen LogP contribution is 2.65. The molecule has 4 unspecified atom stereocenters. The fourth-order valence-corrected chi connectivity index (χ4v) is 17.6. The van der Waals surface area contributed by atoms with E-state index in [9.17, 15) is 0 Å². The van der Waals surface area contributed by atoms with Crippen molar-refractivity contribution in [2.45, 2.75) is 108 Å². The summed E-state index contributed by atoms with van der Waals surface area (Å²) in [5.74, 6) is 5.19. The lowest BCUT2D eigenvalue weighted by molar-refractivity contribution is -0.0508. The van der Waals surface area contributed by atoms with Crippen molar-refractivity contribution in [1.82, 2.24) is 10.6 Å². The highest BCUT2D eigenvalue weighted by Gasteiger charge is 2.59. The lowest BCUT2D eigenvalue weighted by atomic mass is 9.43. The maximum absolute atomic E-state index is 3.88. The minimum absolute atomic E-state index is 0.143. The van der Waals surface area contributed by atoms with E-state index in [-0.39, 0.29) is 5.16 Å². The summed E-state index contributed by atoms with van der Waals surface area (Å²) in [6, 6.07) is 5.85. The van der Waals surface area contributed by atoms with E-state index in [0.717, 1.165) is 23.7 Å². The van der Waals surface area contributed by atoms with Crippen LogP contribution < -0.4 is 21.0 Å². The number of nitrogens with one attached hydrogen (secondary N) is 2. The summed E-state index contributed by atoms with van der Waals surface area (Å²) in [7, 11) is 3.95. The van der Waals surface area contributed by atoms with Crippen LogP contribution in [-0.4, -0.2) is 48.5 Å². The first kappa shape index (κ1) is 30.5. The molecule has 0 spiro atoms. The van der Waals surface area contributed by atoms with Crippen molar-refractivity contribution >= 4 is 45.0 Å². The van der Waals surface area contributed by atoms with Crippen molar-refractivity contribution in [1.29, 1.82) is 0 Å². The smallest absolute Gasteiger partial charge is 0.0774 e. The molecule has 0 aromatic heterocycles. The number of hydrogen-bond donors (Lipinski definition) is 2. The van der Waals surface area contributed by atoms with E-state index in [0.29, 0.717) is 17.3 Å². The predicted octanol–water partition coefficient (Wildman–Crippen LogP) is 6.42. The topological polar surface area (TPSA) is 24.1 Å². The van der Waals surface area contributed by atoms with Gasteiger partial charge in [0.15, 0.2) is 0 Å². The largest absolute Gasteiger partial charge is 0.316 e. The van der Waals surface area contributed by atoms with Gasteiger partial charge in [-0.3, -0.25) is 0 Å². The van der Waals surface area contributed by atoms with E-state index in [1.807, 2.05) is 10.8 Å². The SMILES string of the molecule is C[Si](C)(C)c1cc(C(P)(C2CCCNC2)C2CCCNC2)c(C2(CP)C3CC4CC(C3)CC2C4)cc1[Si](C)(C)C. The highest BCUT2D eigenvalue weighted by atomic mass is 31.0. The molecular weight excluding hydrogens is 555 g/mol. The van der Waals surface area contributed by atoms with E-state index in [4.69, 9.17) is 0 Å². The first-order valence-electron chi connectivity index (χ1n) is 17.0. The Kier molecular flexibility index (Phi) is 8.45. The second-order valence-corrected chi connectivity index (χ2v) is 28.5. The van der Waals surface area contributed by atoms with E-state index in [1.54, 1.807) is 10.8 Å². The number of hydrogen-bond acceptors (Lipinski definition) is 2. The maximum atomic E-state index is 3.88. The van der Waals surface area contributed by atoms with Gasteiger partial charge in [-0.1, -0.05) is 61.8 Å². The molecule has 1 aromatic rings. The van der Waals surface area contributed by atoms with E-state index in [2.05, 4.69) is 80.5 Å². The molecule has 6 aliphatic rings. The third-order valence-corrected chi connectivity index (χ3v) is 18.9. The zero-order chi connectivity index (χ0) is 28.5. The molecule has 4 atom stereocenters. The van der Waals surface area contributed by atoms with Gasteiger partial charge in [0.1, 0.15) is 0 Å². The molecule has 2 saturated heterocycles. The molecule has 0 amide bonds. The molecule has 6 heteroatoms. The first-order valence-corrected chi connectivity index (χ1v) is 25.4. The first-order chi connectivity index (χ1) is 18.9. The Morgan fingerprint density at radius 2 is 1.25 bits per heavy atom. The second-order valence-electron chi connectivity index (χ2n) is 17.0. The standard InChI is InChI=1S/C34H60N2P2Si2/c1-39(2,3)31-18-29(33(22-37)27-14-23-13-24(16-27)17-28(33)15-23)30(19-32(31)40(4,5)6)34(38,25-9-7-11-35-20-25)26-10-8-12-36-21-26/h18-19,23-28,35-36H,7-17,20-22,37-38H2,1-6H3. The molecule has 4 aliphatic carbocycles. The summed E-state index contributed by atoms with van der Waals surface area (Å²) in [6.07, 6.45) is 14.2. The normalized spacial score (nSPS) is 37.9. The Balaban J connectivity index is 1.64. The van der Waals surface area contributed by atoms with Gasteiger partial charge in [-0.2, -0.15) is 0 Å². The van der Waals surface area contributed by atoms with Crippen LogP contribution in [0.5, 0.6) is 0 Å². The molecular formula is C34H60N2P2Si2. The van der Waals surface area contributed by atoms with Gasteiger partial charge in [0.05, 0.1) is 16.1 Å². The molecule has 2 aliphatic heterocycles. The van der Waals surface area contributed by atoms with Crippen LogP contribution in [0.3, 0.4) is 0 Å². The summed E-state index contributed by atoms with van der Waals surface area (Å²) in [6.45, 7) is 20.5. The van der Waals surface area contributed by atoms with Crippen LogP contribution in [0.4, 0.5) is 0 Å². The van der Waals surface area contributed by atoms with Crippen LogP contribution in [0.25, 0.3) is 0 Å². The van der Waals surface area contributed by atoms with Gasteiger partial charge in [0.25, 0.3) is 0 Å². The van der Waals surface area contributed by atoms with Gasteiger partial charge < -0.3 is 10.6 Å². The molecule has 4 saturated carbocycles. The van der Waals surface area contributed by atoms with E-state index >= 15 is 0 Å². The zero-order valence-electron chi connectivity index (χ0n) is 26.7. The van der Waals surface area contributed by atoms with Gasteiger partial charge >= 0.3 is 0 Å². The molecule has 1 aromatic carbocycles. The van der Waals surface area contributed by atoms with Crippen LogP contribution in [0, 0.1) is 35.5 Å². The Morgan fingerprint density at radius 1 is 0.775 bits per heavy atom. The van der Waals surface area contributed by atoms with E-state index in [1.165, 1.54) is 90.1 Å².